The molecule has 1 aromatic carbocycles. The van der Waals surface area contributed by atoms with E-state index in [-0.39, 0.29) is 6.54 Å². The Balaban J connectivity index is 3.07. The second kappa shape index (κ2) is 5.34. The molecule has 0 aliphatic heterocycles. The molecule has 1 atom stereocenters. The first kappa shape index (κ1) is 12.3. The number of benzene rings is 1. The third-order valence-corrected chi connectivity index (χ3v) is 2.61. The van der Waals surface area contributed by atoms with Gasteiger partial charge in [0.2, 0.25) is 0 Å². The molecule has 1 rings (SSSR count). The molecule has 0 aromatic heterocycles. The van der Waals surface area contributed by atoms with E-state index in [1.165, 1.54) is 0 Å². The molecule has 84 valence electrons. The Kier molecular flexibility index (Phi) is 4.10. The van der Waals surface area contributed by atoms with Crippen LogP contribution in [0.25, 0.3) is 0 Å². The van der Waals surface area contributed by atoms with Crippen LogP contribution in [0.5, 0.6) is 0 Å². The molecule has 16 heavy (non-hydrogen) atoms. The fourth-order valence-electron chi connectivity index (χ4n) is 1.58. The van der Waals surface area contributed by atoms with E-state index in [0.29, 0.717) is 0 Å². The lowest BCUT2D eigenvalue weighted by molar-refractivity contribution is -0.139. The molecule has 3 nitrogen and oxygen atoms in total. The normalized spacial score (nSPS) is 11.8. The maximum absolute atomic E-state index is 11.1. The second-order valence-corrected chi connectivity index (χ2v) is 3.65. The van der Waals surface area contributed by atoms with Crippen LogP contribution in [0, 0.1) is 26.2 Å². The van der Waals surface area contributed by atoms with Gasteiger partial charge in [0.15, 0.2) is 0 Å². The van der Waals surface area contributed by atoms with Gasteiger partial charge in [-0.2, -0.15) is 0 Å². The molecule has 3 heteroatoms. The molecule has 0 amide bonds. The maximum atomic E-state index is 11.1. The van der Waals surface area contributed by atoms with E-state index in [1.807, 2.05) is 32.0 Å². The van der Waals surface area contributed by atoms with Gasteiger partial charge >= 0.3 is 5.97 Å². The zero-order valence-corrected chi connectivity index (χ0v) is 9.45. The number of rotatable bonds is 4. The number of terminal acetylenes is 1. The lowest BCUT2D eigenvalue weighted by Gasteiger charge is -2.16. The summed E-state index contributed by atoms with van der Waals surface area (Å²) < 4.78 is 0. The zero-order valence-electron chi connectivity index (χ0n) is 9.45. The molecule has 1 unspecified atom stereocenters. The largest absolute Gasteiger partial charge is 0.480 e. The molecule has 0 fully saturated rings. The zero-order chi connectivity index (χ0) is 12.1. The quantitative estimate of drug-likeness (QED) is 0.754. The van der Waals surface area contributed by atoms with E-state index >= 15 is 0 Å². The number of hydrogen-bond donors (Lipinski definition) is 2. The SMILES string of the molecule is C#CCNC(C(=O)O)c1cccc(C)c1C. The molecule has 0 radical (unpaired) electrons. The van der Waals surface area contributed by atoms with Crippen LogP contribution in [0.3, 0.4) is 0 Å². The van der Waals surface area contributed by atoms with Gasteiger partial charge in [-0.05, 0) is 30.5 Å². The number of carbonyl (C=O) groups is 1. The van der Waals surface area contributed by atoms with Crippen molar-refractivity contribution in [3.63, 3.8) is 0 Å². The maximum Gasteiger partial charge on any atom is 0.325 e. The number of aryl methyl sites for hydroxylation is 1. The molecule has 0 aliphatic carbocycles. The van der Waals surface area contributed by atoms with Crippen LogP contribution < -0.4 is 5.32 Å². The number of nitrogens with one attached hydrogen (secondary N) is 1. The van der Waals surface area contributed by atoms with Crippen molar-refractivity contribution in [1.29, 1.82) is 0 Å². The predicted octanol–water partition coefficient (Wildman–Crippen LogP) is 1.65. The molecule has 0 bridgehead atoms. The first-order valence-corrected chi connectivity index (χ1v) is 5.03. The minimum Gasteiger partial charge on any atom is -0.480 e. The van der Waals surface area contributed by atoms with E-state index in [1.54, 1.807) is 0 Å². The summed E-state index contributed by atoms with van der Waals surface area (Å²) in [6.07, 6.45) is 5.12. The van der Waals surface area contributed by atoms with E-state index in [0.717, 1.165) is 16.7 Å². The summed E-state index contributed by atoms with van der Waals surface area (Å²) in [7, 11) is 0. The van der Waals surface area contributed by atoms with Crippen LogP contribution >= 0.6 is 0 Å². The van der Waals surface area contributed by atoms with Crippen molar-refractivity contribution >= 4 is 5.97 Å². The fraction of sp³-hybridized carbons (Fsp3) is 0.308. The summed E-state index contributed by atoms with van der Waals surface area (Å²) in [5.41, 5.74) is 2.83. The van der Waals surface area contributed by atoms with Crippen molar-refractivity contribution in [3.8, 4) is 12.3 Å². The topological polar surface area (TPSA) is 49.3 Å². The van der Waals surface area contributed by atoms with Gasteiger partial charge in [-0.1, -0.05) is 24.1 Å². The molecule has 2 N–H and O–H groups in total. The van der Waals surface area contributed by atoms with E-state index < -0.39 is 12.0 Å². The van der Waals surface area contributed by atoms with Gasteiger partial charge in [-0.3, -0.25) is 10.1 Å². The average molecular weight is 217 g/mol. The van der Waals surface area contributed by atoms with Gasteiger partial charge in [-0.25, -0.2) is 0 Å². The van der Waals surface area contributed by atoms with Crippen molar-refractivity contribution in [1.82, 2.24) is 5.32 Å². The van der Waals surface area contributed by atoms with Gasteiger partial charge < -0.3 is 5.11 Å². The molecule has 0 saturated heterocycles. The summed E-state index contributed by atoms with van der Waals surface area (Å²) >= 11 is 0. The predicted molar refractivity (Wildman–Crippen MR) is 63.1 cm³/mol. The smallest absolute Gasteiger partial charge is 0.325 e. The van der Waals surface area contributed by atoms with Gasteiger partial charge in [0.05, 0.1) is 6.54 Å². The van der Waals surface area contributed by atoms with Crippen LogP contribution in [0.15, 0.2) is 18.2 Å². The first-order chi connectivity index (χ1) is 7.57. The van der Waals surface area contributed by atoms with Crippen molar-refractivity contribution in [2.75, 3.05) is 6.54 Å². The monoisotopic (exact) mass is 217 g/mol. The van der Waals surface area contributed by atoms with Crippen LogP contribution in [0.2, 0.25) is 0 Å². The molecule has 0 aliphatic rings. The van der Waals surface area contributed by atoms with E-state index in [9.17, 15) is 4.79 Å². The minimum atomic E-state index is -0.913. The highest BCUT2D eigenvalue weighted by Crippen LogP contribution is 2.20. The average Bonchev–Trinajstić information content (AvgIpc) is 2.24. The standard InChI is InChI=1S/C13H15NO2/c1-4-8-14-12(13(15)16)11-7-5-6-9(2)10(11)3/h1,5-7,12,14H,8H2,2-3H3,(H,15,16). The van der Waals surface area contributed by atoms with E-state index in [4.69, 9.17) is 11.5 Å². The number of aliphatic carboxylic acids is 1. The fourth-order valence-corrected chi connectivity index (χ4v) is 1.58. The number of hydrogen-bond acceptors (Lipinski definition) is 2. The molecular formula is C13H15NO2. The Morgan fingerprint density at radius 3 is 2.81 bits per heavy atom. The summed E-state index contributed by atoms with van der Waals surface area (Å²) in [6.45, 7) is 4.11. The highest BCUT2D eigenvalue weighted by atomic mass is 16.4. The van der Waals surface area contributed by atoms with Crippen molar-refractivity contribution < 1.29 is 9.90 Å². The van der Waals surface area contributed by atoms with E-state index in [2.05, 4.69) is 11.2 Å². The molecule has 0 heterocycles. The highest BCUT2D eigenvalue weighted by Gasteiger charge is 2.20. The van der Waals surface area contributed by atoms with Gasteiger partial charge in [-0.15, -0.1) is 6.42 Å². The van der Waals surface area contributed by atoms with Crippen molar-refractivity contribution in [2.24, 2.45) is 0 Å². The second-order valence-electron chi connectivity index (χ2n) is 3.65. The lowest BCUT2D eigenvalue weighted by atomic mass is 9.97. The Hall–Kier alpha value is -1.79. The van der Waals surface area contributed by atoms with Crippen LogP contribution in [0.4, 0.5) is 0 Å². The summed E-state index contributed by atoms with van der Waals surface area (Å²) in [6, 6.07) is 4.88. The van der Waals surface area contributed by atoms with Crippen LogP contribution in [0.1, 0.15) is 22.7 Å². The summed E-state index contributed by atoms with van der Waals surface area (Å²) in [5.74, 6) is 1.47. The number of carboxylic acid groups (broad SMARTS) is 1. The Labute approximate surface area is 95.5 Å². The van der Waals surface area contributed by atoms with Crippen molar-refractivity contribution in [2.45, 2.75) is 19.9 Å². The molecule has 1 aromatic rings. The van der Waals surface area contributed by atoms with Crippen LogP contribution in [-0.2, 0) is 4.79 Å². The molecule has 0 spiro atoms. The van der Waals surface area contributed by atoms with Crippen LogP contribution in [-0.4, -0.2) is 17.6 Å². The van der Waals surface area contributed by atoms with Gasteiger partial charge in [0.1, 0.15) is 6.04 Å². The molecular weight excluding hydrogens is 202 g/mol. The summed E-state index contributed by atoms with van der Waals surface area (Å²) in [4.78, 5) is 11.1. The first-order valence-electron chi connectivity index (χ1n) is 5.03. The number of carboxylic acids is 1. The van der Waals surface area contributed by atoms with Gasteiger partial charge in [0.25, 0.3) is 0 Å². The highest BCUT2D eigenvalue weighted by molar-refractivity contribution is 5.76. The Morgan fingerprint density at radius 2 is 2.25 bits per heavy atom. The van der Waals surface area contributed by atoms with Crippen molar-refractivity contribution in [3.05, 3.63) is 34.9 Å². The third kappa shape index (κ3) is 2.62. The minimum absolute atomic E-state index is 0.240. The Bertz CT molecular complexity index is 432. The Morgan fingerprint density at radius 1 is 1.56 bits per heavy atom. The summed E-state index contributed by atoms with van der Waals surface area (Å²) in [5, 5.41) is 12.0. The van der Waals surface area contributed by atoms with Gasteiger partial charge in [0, 0.05) is 0 Å². The molecule has 0 saturated carbocycles. The lowest BCUT2D eigenvalue weighted by Crippen LogP contribution is -2.29. The third-order valence-electron chi connectivity index (χ3n) is 2.61.